The molecule has 2 aromatic rings. The predicted octanol–water partition coefficient (Wildman–Crippen LogP) is 1.66. The molecule has 0 radical (unpaired) electrons. The zero-order valence-corrected chi connectivity index (χ0v) is 12.5. The first-order valence-corrected chi connectivity index (χ1v) is 7.39. The fourth-order valence-corrected chi connectivity index (χ4v) is 2.62. The van der Waals surface area contributed by atoms with Gasteiger partial charge >= 0.3 is 0 Å². The molecule has 6 nitrogen and oxygen atoms in total. The van der Waals surface area contributed by atoms with Gasteiger partial charge in [0.2, 0.25) is 0 Å². The number of hydrogen-bond donors (Lipinski definition) is 2. The number of carbonyl (C=O) groups excluding carboxylic acids is 1. The number of nitrogen functional groups attached to an aromatic ring is 1. The minimum atomic E-state index is -0.364. The lowest BCUT2D eigenvalue weighted by molar-refractivity contribution is 0.0953. The van der Waals surface area contributed by atoms with E-state index in [1.807, 2.05) is 31.2 Å². The Balaban J connectivity index is 2.04. The zero-order chi connectivity index (χ0) is 15.5. The SMILES string of the molecule is Cc1ccc(-c2ncc(C(=O)NN)c(N3CCCC3)n2)cc1. The summed E-state index contributed by atoms with van der Waals surface area (Å²) in [5, 5.41) is 0. The molecule has 1 aromatic heterocycles. The molecule has 1 amide bonds. The number of hydrazine groups is 1. The van der Waals surface area contributed by atoms with Crippen molar-refractivity contribution in [3.8, 4) is 11.4 Å². The smallest absolute Gasteiger partial charge is 0.270 e. The van der Waals surface area contributed by atoms with Crippen molar-refractivity contribution in [2.75, 3.05) is 18.0 Å². The molecule has 2 heterocycles. The topological polar surface area (TPSA) is 84.1 Å². The number of rotatable bonds is 3. The van der Waals surface area contributed by atoms with E-state index in [1.54, 1.807) is 6.20 Å². The molecule has 0 aliphatic carbocycles. The van der Waals surface area contributed by atoms with E-state index in [9.17, 15) is 4.79 Å². The number of anilines is 1. The number of aromatic nitrogens is 2. The normalized spacial score (nSPS) is 14.2. The molecule has 3 rings (SSSR count). The number of hydrogen-bond acceptors (Lipinski definition) is 5. The molecular weight excluding hydrogens is 278 g/mol. The van der Waals surface area contributed by atoms with Gasteiger partial charge < -0.3 is 4.90 Å². The molecule has 0 atom stereocenters. The Hall–Kier alpha value is -2.47. The Morgan fingerprint density at radius 3 is 2.55 bits per heavy atom. The summed E-state index contributed by atoms with van der Waals surface area (Å²) in [6, 6.07) is 8.02. The second kappa shape index (κ2) is 6.11. The Bertz CT molecular complexity index is 677. The van der Waals surface area contributed by atoms with E-state index in [-0.39, 0.29) is 5.91 Å². The third kappa shape index (κ3) is 2.78. The van der Waals surface area contributed by atoms with Gasteiger partial charge in [0, 0.05) is 24.8 Å². The quantitative estimate of drug-likeness (QED) is 0.511. The molecule has 3 N–H and O–H groups in total. The first-order chi connectivity index (χ1) is 10.7. The maximum atomic E-state index is 11.9. The number of carbonyl (C=O) groups is 1. The van der Waals surface area contributed by atoms with Crippen LogP contribution in [-0.4, -0.2) is 29.0 Å². The lowest BCUT2D eigenvalue weighted by Crippen LogP contribution is -2.33. The van der Waals surface area contributed by atoms with Crippen LogP contribution < -0.4 is 16.2 Å². The maximum Gasteiger partial charge on any atom is 0.270 e. The molecule has 0 spiro atoms. The van der Waals surface area contributed by atoms with E-state index in [0.717, 1.165) is 31.5 Å². The van der Waals surface area contributed by atoms with E-state index < -0.39 is 0 Å². The Morgan fingerprint density at radius 2 is 1.91 bits per heavy atom. The van der Waals surface area contributed by atoms with Gasteiger partial charge in [0.25, 0.3) is 5.91 Å². The lowest BCUT2D eigenvalue weighted by atomic mass is 10.1. The minimum absolute atomic E-state index is 0.364. The highest BCUT2D eigenvalue weighted by atomic mass is 16.2. The molecule has 1 aliphatic heterocycles. The summed E-state index contributed by atoms with van der Waals surface area (Å²) in [7, 11) is 0. The van der Waals surface area contributed by atoms with Crippen molar-refractivity contribution in [3.05, 3.63) is 41.6 Å². The van der Waals surface area contributed by atoms with Gasteiger partial charge in [0.15, 0.2) is 5.82 Å². The van der Waals surface area contributed by atoms with Crippen LogP contribution in [0.1, 0.15) is 28.8 Å². The van der Waals surface area contributed by atoms with Crippen molar-refractivity contribution in [1.29, 1.82) is 0 Å². The summed E-state index contributed by atoms with van der Waals surface area (Å²) < 4.78 is 0. The van der Waals surface area contributed by atoms with Crippen molar-refractivity contribution < 1.29 is 4.79 Å². The summed E-state index contributed by atoms with van der Waals surface area (Å²) >= 11 is 0. The van der Waals surface area contributed by atoms with Gasteiger partial charge in [-0.05, 0) is 19.8 Å². The van der Waals surface area contributed by atoms with Crippen molar-refractivity contribution >= 4 is 11.7 Å². The summed E-state index contributed by atoms with van der Waals surface area (Å²) in [5.74, 6) is 6.18. The summed E-state index contributed by atoms with van der Waals surface area (Å²) in [4.78, 5) is 23.0. The van der Waals surface area contributed by atoms with Crippen LogP contribution in [0.4, 0.5) is 5.82 Å². The molecule has 114 valence electrons. The van der Waals surface area contributed by atoms with Crippen molar-refractivity contribution in [2.45, 2.75) is 19.8 Å². The summed E-state index contributed by atoms with van der Waals surface area (Å²) in [6.45, 7) is 3.83. The molecule has 1 aliphatic rings. The summed E-state index contributed by atoms with van der Waals surface area (Å²) in [6.07, 6.45) is 3.76. The Kier molecular flexibility index (Phi) is 4.02. The van der Waals surface area contributed by atoms with E-state index >= 15 is 0 Å². The first-order valence-electron chi connectivity index (χ1n) is 7.39. The van der Waals surface area contributed by atoms with Gasteiger partial charge in [-0.25, -0.2) is 15.8 Å². The molecule has 1 saturated heterocycles. The van der Waals surface area contributed by atoms with Gasteiger partial charge in [-0.1, -0.05) is 29.8 Å². The number of aryl methyl sites for hydroxylation is 1. The molecule has 1 aromatic carbocycles. The fourth-order valence-electron chi connectivity index (χ4n) is 2.62. The highest BCUT2D eigenvalue weighted by molar-refractivity contribution is 5.98. The van der Waals surface area contributed by atoms with Crippen molar-refractivity contribution in [3.63, 3.8) is 0 Å². The second-order valence-corrected chi connectivity index (χ2v) is 5.46. The summed E-state index contributed by atoms with van der Waals surface area (Å²) in [5.41, 5.74) is 4.70. The molecular formula is C16H19N5O. The van der Waals surface area contributed by atoms with Crippen LogP contribution in [0.2, 0.25) is 0 Å². The molecule has 6 heteroatoms. The second-order valence-electron chi connectivity index (χ2n) is 5.46. The fraction of sp³-hybridized carbons (Fsp3) is 0.312. The Labute approximate surface area is 129 Å². The van der Waals surface area contributed by atoms with Crippen LogP contribution in [0.5, 0.6) is 0 Å². The average Bonchev–Trinajstić information content (AvgIpc) is 3.08. The average molecular weight is 297 g/mol. The third-order valence-corrected chi connectivity index (χ3v) is 3.86. The molecule has 0 bridgehead atoms. The van der Waals surface area contributed by atoms with Crippen LogP contribution in [0.15, 0.2) is 30.5 Å². The lowest BCUT2D eigenvalue weighted by Gasteiger charge is -2.19. The van der Waals surface area contributed by atoms with E-state index in [0.29, 0.717) is 17.2 Å². The highest BCUT2D eigenvalue weighted by Gasteiger charge is 2.22. The predicted molar refractivity (Wildman–Crippen MR) is 85.3 cm³/mol. The monoisotopic (exact) mass is 297 g/mol. The van der Waals surface area contributed by atoms with Gasteiger partial charge in [-0.3, -0.25) is 10.2 Å². The number of nitrogens with two attached hydrogens (primary N) is 1. The van der Waals surface area contributed by atoms with E-state index in [2.05, 4.69) is 20.3 Å². The molecule has 1 fully saturated rings. The van der Waals surface area contributed by atoms with Crippen LogP contribution >= 0.6 is 0 Å². The number of benzene rings is 1. The molecule has 0 saturated carbocycles. The maximum absolute atomic E-state index is 11.9. The van der Waals surface area contributed by atoms with E-state index in [1.165, 1.54) is 5.56 Å². The van der Waals surface area contributed by atoms with Gasteiger partial charge in [0.05, 0.1) is 0 Å². The zero-order valence-electron chi connectivity index (χ0n) is 12.5. The minimum Gasteiger partial charge on any atom is -0.356 e. The number of amides is 1. The van der Waals surface area contributed by atoms with E-state index in [4.69, 9.17) is 5.84 Å². The van der Waals surface area contributed by atoms with Gasteiger partial charge in [-0.15, -0.1) is 0 Å². The molecule has 0 unspecified atom stereocenters. The molecule has 22 heavy (non-hydrogen) atoms. The van der Waals surface area contributed by atoms with Crippen molar-refractivity contribution in [1.82, 2.24) is 15.4 Å². The first kappa shape index (κ1) is 14.5. The van der Waals surface area contributed by atoms with Crippen molar-refractivity contribution in [2.24, 2.45) is 5.84 Å². The van der Waals surface area contributed by atoms with Gasteiger partial charge in [-0.2, -0.15) is 0 Å². The highest BCUT2D eigenvalue weighted by Crippen LogP contribution is 2.25. The number of nitrogens with zero attached hydrogens (tertiary/aromatic N) is 3. The third-order valence-electron chi connectivity index (χ3n) is 3.86. The van der Waals surface area contributed by atoms with Crippen LogP contribution in [0, 0.1) is 6.92 Å². The standard InChI is InChI=1S/C16H19N5O/c1-11-4-6-12(7-5-11)14-18-10-13(16(22)20-17)15(19-14)21-8-2-3-9-21/h4-7,10H,2-3,8-9,17H2,1H3,(H,20,22). The van der Waals surface area contributed by atoms with Crippen LogP contribution in [-0.2, 0) is 0 Å². The van der Waals surface area contributed by atoms with Gasteiger partial charge in [0.1, 0.15) is 11.4 Å². The number of nitrogens with one attached hydrogen (secondary N) is 1. The van der Waals surface area contributed by atoms with Crippen LogP contribution in [0.3, 0.4) is 0 Å². The van der Waals surface area contributed by atoms with Crippen LogP contribution in [0.25, 0.3) is 11.4 Å². The largest absolute Gasteiger partial charge is 0.356 e. The Morgan fingerprint density at radius 1 is 1.23 bits per heavy atom.